The summed E-state index contributed by atoms with van der Waals surface area (Å²) in [6, 6.07) is 0. The van der Waals surface area contributed by atoms with Crippen LogP contribution in [0.3, 0.4) is 0 Å². The van der Waals surface area contributed by atoms with Gasteiger partial charge in [-0.05, 0) is 57.2 Å². The minimum atomic E-state index is -0.245. The Morgan fingerprint density at radius 2 is 2.17 bits per heavy atom. The fourth-order valence-electron chi connectivity index (χ4n) is 0.554. The van der Waals surface area contributed by atoms with E-state index in [4.69, 9.17) is 4.74 Å². The van der Waals surface area contributed by atoms with Crippen LogP contribution in [0.5, 0.6) is 0 Å². The molecule has 0 fully saturated rings. The first kappa shape index (κ1) is 12.4. The van der Waals surface area contributed by atoms with Gasteiger partial charge in [0.2, 0.25) is 0 Å². The van der Waals surface area contributed by atoms with Gasteiger partial charge in [-0.3, -0.25) is 4.79 Å². The van der Waals surface area contributed by atoms with Crippen molar-refractivity contribution in [2.45, 2.75) is 13.3 Å². The van der Waals surface area contributed by atoms with Crippen LogP contribution in [-0.4, -0.2) is 12.6 Å². The Bertz CT molecular complexity index is 205. The van der Waals surface area contributed by atoms with Crippen molar-refractivity contribution in [2.24, 2.45) is 0 Å². The van der Waals surface area contributed by atoms with Crippen molar-refractivity contribution in [3.05, 3.63) is 19.8 Å². The van der Waals surface area contributed by atoms with Crippen molar-refractivity contribution in [1.29, 1.82) is 0 Å². The van der Waals surface area contributed by atoms with Crippen molar-refractivity contribution in [2.75, 3.05) is 6.61 Å². The highest BCUT2D eigenvalue weighted by atomic mass is 127. The summed E-state index contributed by atoms with van der Waals surface area (Å²) >= 11 is 4.40. The van der Waals surface area contributed by atoms with Gasteiger partial charge in [-0.15, -0.1) is 6.58 Å². The third-order valence-corrected chi connectivity index (χ3v) is 2.63. The normalized spacial score (nSPS) is 8.92. The van der Waals surface area contributed by atoms with Crippen molar-refractivity contribution in [3.63, 3.8) is 0 Å². The molecule has 0 rings (SSSR count). The average Bonchev–Trinajstić information content (AvgIpc) is 1.96. The van der Waals surface area contributed by atoms with Crippen LogP contribution >= 0.6 is 45.2 Å². The SMILES string of the molecule is C=CCC(COC(C)=O)=C(I)I. The van der Waals surface area contributed by atoms with Crippen LogP contribution in [0.25, 0.3) is 0 Å². The molecule has 0 aliphatic heterocycles. The second-order valence-electron chi connectivity index (χ2n) is 2.14. The highest BCUT2D eigenvalue weighted by molar-refractivity contribution is 14.2. The lowest BCUT2D eigenvalue weighted by atomic mass is 10.2. The Hall–Kier alpha value is 0.410. The molecule has 0 aromatic carbocycles. The molecule has 68 valence electrons. The number of hydrogen-bond acceptors (Lipinski definition) is 2. The fourth-order valence-corrected chi connectivity index (χ4v) is 1.31. The van der Waals surface area contributed by atoms with Gasteiger partial charge < -0.3 is 4.74 Å². The van der Waals surface area contributed by atoms with Gasteiger partial charge >= 0.3 is 5.97 Å². The fraction of sp³-hybridized carbons (Fsp3) is 0.375. The smallest absolute Gasteiger partial charge is 0.302 e. The molecule has 0 saturated carbocycles. The first-order valence-corrected chi connectivity index (χ1v) is 5.51. The third kappa shape index (κ3) is 5.99. The summed E-state index contributed by atoms with van der Waals surface area (Å²) in [7, 11) is 0. The van der Waals surface area contributed by atoms with Crippen LogP contribution in [-0.2, 0) is 9.53 Å². The lowest BCUT2D eigenvalue weighted by molar-refractivity contribution is -0.139. The number of halogens is 2. The largest absolute Gasteiger partial charge is 0.461 e. The molecule has 0 aliphatic rings. The topological polar surface area (TPSA) is 26.3 Å². The van der Waals surface area contributed by atoms with Crippen LogP contribution in [0.4, 0.5) is 0 Å². The molecule has 0 aliphatic carbocycles. The van der Waals surface area contributed by atoms with Gasteiger partial charge in [0, 0.05) is 6.92 Å². The molecule has 0 bridgehead atoms. The molecule has 0 unspecified atom stereocenters. The lowest BCUT2D eigenvalue weighted by Crippen LogP contribution is -2.03. The zero-order valence-electron chi connectivity index (χ0n) is 6.77. The van der Waals surface area contributed by atoms with Crippen LogP contribution in [0.15, 0.2) is 19.8 Å². The standard InChI is InChI=1S/C8H10I2O2/c1-3-4-7(8(9)10)5-12-6(2)11/h3H,1,4-5H2,2H3. The molecule has 4 heteroatoms. The van der Waals surface area contributed by atoms with Gasteiger partial charge in [-0.25, -0.2) is 0 Å². The van der Waals surface area contributed by atoms with Gasteiger partial charge in [-0.2, -0.15) is 0 Å². The molecule has 0 radical (unpaired) electrons. The van der Waals surface area contributed by atoms with Gasteiger partial charge in [0.15, 0.2) is 0 Å². The quantitative estimate of drug-likeness (QED) is 0.418. The van der Waals surface area contributed by atoms with Crippen LogP contribution in [0.2, 0.25) is 0 Å². The molecule has 0 amide bonds. The van der Waals surface area contributed by atoms with E-state index in [1.54, 1.807) is 6.08 Å². The molecule has 0 aromatic rings. The Morgan fingerprint density at radius 1 is 1.58 bits per heavy atom. The minimum absolute atomic E-state index is 0.245. The van der Waals surface area contributed by atoms with Gasteiger partial charge in [0.1, 0.15) is 6.61 Å². The van der Waals surface area contributed by atoms with Gasteiger partial charge in [-0.1, -0.05) is 6.08 Å². The van der Waals surface area contributed by atoms with E-state index in [-0.39, 0.29) is 5.97 Å². The van der Waals surface area contributed by atoms with E-state index in [0.29, 0.717) is 6.61 Å². The zero-order chi connectivity index (χ0) is 9.56. The minimum Gasteiger partial charge on any atom is -0.461 e. The predicted octanol–water partition coefficient (Wildman–Crippen LogP) is 3.21. The summed E-state index contributed by atoms with van der Waals surface area (Å²) in [5.74, 6) is -0.245. The van der Waals surface area contributed by atoms with Gasteiger partial charge in [0.25, 0.3) is 0 Å². The van der Waals surface area contributed by atoms with Crippen molar-refractivity contribution < 1.29 is 9.53 Å². The average molecular weight is 392 g/mol. The summed E-state index contributed by atoms with van der Waals surface area (Å²) in [6.45, 7) is 5.41. The maximum Gasteiger partial charge on any atom is 0.302 e. The van der Waals surface area contributed by atoms with Crippen molar-refractivity contribution in [1.82, 2.24) is 0 Å². The Morgan fingerprint density at radius 3 is 2.50 bits per heavy atom. The Kier molecular flexibility index (Phi) is 7.11. The van der Waals surface area contributed by atoms with E-state index in [1.807, 2.05) is 0 Å². The molecule has 0 spiro atoms. The maximum atomic E-state index is 10.5. The summed E-state index contributed by atoms with van der Waals surface area (Å²) in [5.41, 5.74) is 1.10. The van der Waals surface area contributed by atoms with E-state index in [1.165, 1.54) is 6.92 Å². The number of esters is 1. The van der Waals surface area contributed by atoms with E-state index in [9.17, 15) is 4.79 Å². The number of carbonyl (C=O) groups is 1. The van der Waals surface area contributed by atoms with Crippen LogP contribution in [0, 0.1) is 0 Å². The Labute approximate surface area is 99.7 Å². The predicted molar refractivity (Wildman–Crippen MR) is 66.5 cm³/mol. The highest BCUT2D eigenvalue weighted by Gasteiger charge is 2.02. The second-order valence-corrected chi connectivity index (χ2v) is 6.36. The van der Waals surface area contributed by atoms with Crippen LogP contribution < -0.4 is 0 Å². The molecule has 12 heavy (non-hydrogen) atoms. The van der Waals surface area contributed by atoms with E-state index in [0.717, 1.165) is 13.6 Å². The first-order chi connectivity index (χ1) is 5.57. The Balaban J connectivity index is 4.06. The number of ether oxygens (including phenoxy) is 1. The number of hydrogen-bond donors (Lipinski definition) is 0. The number of rotatable bonds is 4. The van der Waals surface area contributed by atoms with E-state index in [2.05, 4.69) is 51.8 Å². The molecular formula is C8H10I2O2. The molecule has 0 aromatic heterocycles. The number of allylic oxidation sites excluding steroid dienone is 1. The summed E-state index contributed by atoms with van der Waals surface area (Å²) < 4.78 is 5.99. The van der Waals surface area contributed by atoms with E-state index >= 15 is 0 Å². The monoisotopic (exact) mass is 392 g/mol. The van der Waals surface area contributed by atoms with Crippen LogP contribution in [0.1, 0.15) is 13.3 Å². The van der Waals surface area contributed by atoms with Crippen molar-refractivity contribution >= 4 is 51.2 Å². The highest BCUT2D eigenvalue weighted by Crippen LogP contribution is 2.23. The summed E-state index contributed by atoms with van der Waals surface area (Å²) in [4.78, 5) is 10.5. The number of carbonyl (C=O) groups excluding carboxylic acids is 1. The summed E-state index contributed by atoms with van der Waals surface area (Å²) in [5, 5.41) is 0. The molecule has 2 nitrogen and oxygen atoms in total. The second kappa shape index (κ2) is 6.88. The van der Waals surface area contributed by atoms with E-state index < -0.39 is 0 Å². The summed E-state index contributed by atoms with van der Waals surface area (Å²) in [6.07, 6.45) is 2.57. The van der Waals surface area contributed by atoms with Crippen molar-refractivity contribution in [3.8, 4) is 0 Å². The third-order valence-electron chi connectivity index (χ3n) is 1.11. The lowest BCUT2D eigenvalue weighted by Gasteiger charge is -2.05. The molecule has 0 N–H and O–H groups in total. The molecule has 0 heterocycles. The molecule has 0 atom stereocenters. The molecular weight excluding hydrogens is 382 g/mol. The van der Waals surface area contributed by atoms with Gasteiger partial charge in [0.05, 0.1) is 1.59 Å². The molecule has 0 saturated heterocycles. The first-order valence-electron chi connectivity index (χ1n) is 3.35. The zero-order valence-corrected chi connectivity index (χ0v) is 11.1. The maximum absolute atomic E-state index is 10.5.